The molecule has 2 aliphatic heterocycles. The highest BCUT2D eigenvalue weighted by molar-refractivity contribution is 5.99. The van der Waals surface area contributed by atoms with Gasteiger partial charge in [0, 0.05) is 55.1 Å². The van der Waals surface area contributed by atoms with Crippen LogP contribution < -0.4 is 11.1 Å². The number of carbonyl (C=O) groups is 1. The Labute approximate surface area is 225 Å². The molecule has 38 heavy (non-hydrogen) atoms. The van der Waals surface area contributed by atoms with Gasteiger partial charge in [-0.05, 0) is 87.3 Å². The fraction of sp³-hybridized carbons (Fsp3) is 0.613. The number of aliphatic hydroxyl groups is 1. The van der Waals surface area contributed by atoms with Crippen molar-refractivity contribution in [3.8, 4) is 11.1 Å². The molecule has 2 atom stereocenters. The Morgan fingerprint density at radius 2 is 1.71 bits per heavy atom. The Bertz CT molecular complexity index is 1200. The Morgan fingerprint density at radius 1 is 1.00 bits per heavy atom. The number of nitrogen functional groups attached to an aromatic ring is 1. The maximum Gasteiger partial charge on any atom is 0.255 e. The third kappa shape index (κ3) is 4.05. The monoisotopic (exact) mass is 516 g/mol. The highest BCUT2D eigenvalue weighted by Crippen LogP contribution is 2.54. The topological polar surface area (TPSA) is 101 Å². The van der Waals surface area contributed by atoms with Crippen LogP contribution in [0, 0.1) is 5.92 Å². The number of pyridine rings is 1. The van der Waals surface area contributed by atoms with Gasteiger partial charge >= 0.3 is 0 Å². The Hall–Kier alpha value is -2.48. The van der Waals surface area contributed by atoms with Gasteiger partial charge in [-0.25, -0.2) is 4.98 Å². The van der Waals surface area contributed by atoms with Gasteiger partial charge in [-0.3, -0.25) is 9.69 Å². The summed E-state index contributed by atoms with van der Waals surface area (Å²) in [4.78, 5) is 20.5. The van der Waals surface area contributed by atoms with Crippen LogP contribution in [0.15, 0.2) is 36.5 Å². The van der Waals surface area contributed by atoms with Crippen LogP contribution in [0.1, 0.15) is 80.1 Å². The lowest BCUT2D eigenvalue weighted by Crippen LogP contribution is -2.58. The van der Waals surface area contributed by atoms with Crippen molar-refractivity contribution in [2.24, 2.45) is 5.92 Å². The first-order valence-corrected chi connectivity index (χ1v) is 14.6. The molecule has 2 saturated heterocycles. The quantitative estimate of drug-likeness (QED) is 0.555. The van der Waals surface area contributed by atoms with Gasteiger partial charge < -0.3 is 20.9 Å². The van der Waals surface area contributed by atoms with E-state index in [2.05, 4.69) is 39.5 Å². The van der Waals surface area contributed by atoms with E-state index in [1.165, 1.54) is 24.9 Å². The summed E-state index contributed by atoms with van der Waals surface area (Å²) in [6.45, 7) is 4.17. The van der Waals surface area contributed by atoms with Crippen molar-refractivity contribution in [1.29, 1.82) is 0 Å². The highest BCUT2D eigenvalue weighted by atomic mass is 16.5. The van der Waals surface area contributed by atoms with Crippen molar-refractivity contribution < 1.29 is 14.6 Å². The fourth-order valence-corrected chi connectivity index (χ4v) is 8.15. The molecule has 3 heterocycles. The number of nitrogens with two attached hydrogens (primary N) is 1. The van der Waals surface area contributed by atoms with Crippen LogP contribution in [0.4, 0.5) is 5.82 Å². The summed E-state index contributed by atoms with van der Waals surface area (Å²) < 4.78 is 5.60. The smallest absolute Gasteiger partial charge is 0.255 e. The minimum absolute atomic E-state index is 0.156. The van der Waals surface area contributed by atoms with Crippen molar-refractivity contribution in [3.63, 3.8) is 0 Å². The van der Waals surface area contributed by atoms with Gasteiger partial charge in [-0.15, -0.1) is 0 Å². The predicted octanol–water partition coefficient (Wildman–Crippen LogP) is 4.04. The first kappa shape index (κ1) is 24.6. The molecule has 2 aromatic rings. The summed E-state index contributed by atoms with van der Waals surface area (Å²) >= 11 is 0. The number of benzene rings is 1. The molecular formula is C31H40N4O3. The summed E-state index contributed by atoms with van der Waals surface area (Å²) in [5.41, 5.74) is 9.56. The molecule has 6 fully saturated rings. The molecule has 4 aliphatic carbocycles. The summed E-state index contributed by atoms with van der Waals surface area (Å²) in [7, 11) is 0. The average molecular weight is 517 g/mol. The van der Waals surface area contributed by atoms with Crippen LogP contribution >= 0.6 is 0 Å². The second-order valence-corrected chi connectivity index (χ2v) is 12.9. The zero-order valence-electron chi connectivity index (χ0n) is 22.3. The fourth-order valence-electron chi connectivity index (χ4n) is 8.15. The maximum atomic E-state index is 13.3. The first-order chi connectivity index (χ1) is 18.4. The normalized spacial score (nSPS) is 35.0. The maximum absolute atomic E-state index is 13.3. The van der Waals surface area contributed by atoms with Crippen LogP contribution in [-0.4, -0.2) is 64.4 Å². The molecule has 2 bridgehead atoms. The molecular weight excluding hydrogens is 476 g/mol. The van der Waals surface area contributed by atoms with Gasteiger partial charge in [0.1, 0.15) is 5.82 Å². The lowest BCUT2D eigenvalue weighted by atomic mass is 9.58. The Kier molecular flexibility index (Phi) is 5.84. The third-order valence-electron chi connectivity index (χ3n) is 10.9. The van der Waals surface area contributed by atoms with Crippen molar-refractivity contribution >= 4 is 11.7 Å². The number of nitrogens with zero attached hydrogens (tertiary/aromatic N) is 2. The molecule has 0 spiro atoms. The second-order valence-electron chi connectivity index (χ2n) is 12.9. The lowest BCUT2D eigenvalue weighted by Gasteiger charge is -2.51. The van der Waals surface area contributed by atoms with E-state index in [0.717, 1.165) is 88.2 Å². The molecule has 1 aromatic heterocycles. The zero-order chi connectivity index (χ0) is 26.0. The van der Waals surface area contributed by atoms with E-state index >= 15 is 0 Å². The van der Waals surface area contributed by atoms with E-state index in [9.17, 15) is 9.90 Å². The minimum Gasteiger partial charge on any atom is -0.390 e. The minimum atomic E-state index is -0.528. The van der Waals surface area contributed by atoms with Gasteiger partial charge in [0.15, 0.2) is 0 Å². The molecule has 4 saturated carbocycles. The van der Waals surface area contributed by atoms with Crippen molar-refractivity contribution in [1.82, 2.24) is 15.2 Å². The number of rotatable bonds is 5. The lowest BCUT2D eigenvalue weighted by molar-refractivity contribution is -0.0702. The van der Waals surface area contributed by atoms with Crippen LogP contribution in [0.2, 0.25) is 0 Å². The zero-order valence-corrected chi connectivity index (χ0v) is 22.3. The van der Waals surface area contributed by atoms with E-state index in [-0.39, 0.29) is 22.7 Å². The predicted molar refractivity (Wildman–Crippen MR) is 147 cm³/mol. The number of nitrogens with one attached hydrogen (secondary N) is 1. The number of anilines is 1. The number of hydrogen-bond acceptors (Lipinski definition) is 6. The number of likely N-dealkylation sites (tertiary alicyclic amines) is 1. The van der Waals surface area contributed by atoms with Crippen LogP contribution in [-0.2, 0) is 10.2 Å². The summed E-state index contributed by atoms with van der Waals surface area (Å²) in [5, 5.41) is 13.8. The van der Waals surface area contributed by atoms with E-state index < -0.39 is 5.60 Å². The van der Waals surface area contributed by atoms with Crippen LogP contribution in [0.25, 0.3) is 11.1 Å². The highest BCUT2D eigenvalue weighted by Gasteiger charge is 2.54. The molecule has 0 unspecified atom stereocenters. The number of aromatic nitrogens is 1. The molecule has 202 valence electrons. The van der Waals surface area contributed by atoms with Gasteiger partial charge in [0.05, 0.1) is 11.2 Å². The van der Waals surface area contributed by atoms with Gasteiger partial charge in [0.2, 0.25) is 0 Å². The number of fused-ring (bicyclic) bond motifs is 4. The number of carbonyl (C=O) groups excluding carboxylic acids is 1. The van der Waals surface area contributed by atoms with Crippen molar-refractivity contribution in [2.75, 3.05) is 32.0 Å². The van der Waals surface area contributed by atoms with E-state index in [1.807, 2.05) is 6.07 Å². The van der Waals surface area contributed by atoms with E-state index in [0.29, 0.717) is 11.6 Å². The van der Waals surface area contributed by atoms with Crippen molar-refractivity contribution in [3.05, 3.63) is 47.7 Å². The van der Waals surface area contributed by atoms with Crippen molar-refractivity contribution in [2.45, 2.75) is 86.8 Å². The Balaban J connectivity index is 1.08. The first-order valence-electron chi connectivity index (χ1n) is 14.6. The summed E-state index contributed by atoms with van der Waals surface area (Å²) in [6, 6.07) is 11.5. The van der Waals surface area contributed by atoms with Gasteiger partial charge in [0.25, 0.3) is 5.91 Å². The molecule has 0 radical (unpaired) electrons. The second kappa shape index (κ2) is 9.04. The number of ether oxygens (including phenoxy) is 1. The molecule has 8 rings (SSSR count). The van der Waals surface area contributed by atoms with E-state index in [1.54, 1.807) is 6.20 Å². The molecule has 1 amide bonds. The summed E-state index contributed by atoms with van der Waals surface area (Å²) in [6.07, 6.45) is 11.4. The largest absolute Gasteiger partial charge is 0.390 e. The van der Waals surface area contributed by atoms with Crippen LogP contribution in [0.3, 0.4) is 0 Å². The van der Waals surface area contributed by atoms with E-state index in [4.69, 9.17) is 10.5 Å². The summed E-state index contributed by atoms with van der Waals surface area (Å²) in [5.74, 6) is 0.855. The van der Waals surface area contributed by atoms with Gasteiger partial charge in [-0.2, -0.15) is 0 Å². The molecule has 7 nitrogen and oxygen atoms in total. The Morgan fingerprint density at radius 3 is 2.37 bits per heavy atom. The third-order valence-corrected chi connectivity index (χ3v) is 10.9. The standard InChI is InChI=1S/C31H40N4O3/c32-27-26(28(36)34-29-9-12-30(37,13-10-29)14-11-29)17-22(18-33-27)21-1-3-23(4-2-21)31-8-5-24(31)19-35(20-31)25-6-15-38-16-7-25/h1-4,17-18,24-25,37H,5-16,19-20H2,(H2,32,33)(H,34,36)/t24-,29?,30?,31+/m1/s1. The SMILES string of the molecule is Nc1ncc(-c2ccc([C@@]34CC[C@@H]3CN(C3CCOCC3)C4)cc2)cc1C(=O)NC12CCC(O)(CC1)CC2. The molecule has 1 aromatic carbocycles. The number of hydrogen-bond donors (Lipinski definition) is 3. The molecule has 4 N–H and O–H groups in total. The number of amides is 1. The van der Waals surface area contributed by atoms with Crippen LogP contribution in [0.5, 0.6) is 0 Å². The molecule has 7 heteroatoms. The molecule has 6 aliphatic rings. The average Bonchev–Trinajstić information content (AvgIpc) is 3.21. The van der Waals surface area contributed by atoms with Gasteiger partial charge in [-0.1, -0.05) is 24.3 Å².